The number of rotatable bonds is 8. The number of nitrogens with zero attached hydrogens (tertiary/aromatic N) is 1. The summed E-state index contributed by atoms with van der Waals surface area (Å²) in [5.74, 6) is -3.27. The van der Waals surface area contributed by atoms with Gasteiger partial charge in [0.05, 0.1) is 10.6 Å². The molecule has 0 aliphatic rings. The summed E-state index contributed by atoms with van der Waals surface area (Å²) < 4.78 is 56.7. The Bertz CT molecular complexity index is 1100. The lowest BCUT2D eigenvalue weighted by Crippen LogP contribution is -2.22. The molecule has 1 amide bonds. The van der Waals surface area contributed by atoms with E-state index in [1.54, 1.807) is 31.2 Å². The topological polar surface area (TPSA) is 104 Å². The number of carbonyl (C=O) groups is 2. The summed E-state index contributed by atoms with van der Waals surface area (Å²) in [6, 6.07) is 12.7. The van der Waals surface area contributed by atoms with Crippen molar-refractivity contribution < 1.29 is 36.3 Å². The summed E-state index contributed by atoms with van der Waals surface area (Å²) >= 11 is 0. The van der Waals surface area contributed by atoms with Gasteiger partial charge in [0.2, 0.25) is 5.91 Å². The highest BCUT2D eigenvalue weighted by molar-refractivity contribution is 7.91. The van der Waals surface area contributed by atoms with Gasteiger partial charge in [-0.25, -0.2) is 13.2 Å². The summed E-state index contributed by atoms with van der Waals surface area (Å²) in [4.78, 5) is 23.7. The number of nitrogens with one attached hydrogen (secondary N) is 1. The van der Waals surface area contributed by atoms with Crippen LogP contribution in [0.25, 0.3) is 0 Å². The highest BCUT2D eigenvalue weighted by Crippen LogP contribution is 2.23. The molecule has 0 bridgehead atoms. The molecule has 11 heteroatoms. The van der Waals surface area contributed by atoms with E-state index in [0.29, 0.717) is 11.3 Å². The van der Waals surface area contributed by atoms with Crippen molar-refractivity contribution in [1.82, 2.24) is 0 Å². The molecule has 0 aliphatic carbocycles. The second-order valence-corrected chi connectivity index (χ2v) is 9.43. The van der Waals surface area contributed by atoms with Crippen LogP contribution in [0.4, 0.5) is 24.5 Å². The SMILES string of the molecule is CCN(CC)c1ccc(NC(=O)CCS(=O)(=O)c2ccccc2C)c(C)c1.O=C(O)C(F)(F)F. The summed E-state index contributed by atoms with van der Waals surface area (Å²) in [5, 5.41) is 9.95. The second-order valence-electron chi connectivity index (χ2n) is 7.36. The van der Waals surface area contributed by atoms with E-state index in [9.17, 15) is 26.4 Å². The van der Waals surface area contributed by atoms with Crippen LogP contribution < -0.4 is 10.2 Å². The van der Waals surface area contributed by atoms with Gasteiger partial charge in [-0.15, -0.1) is 0 Å². The first-order valence-corrected chi connectivity index (χ1v) is 12.1. The second kappa shape index (κ2) is 12.4. The fourth-order valence-corrected chi connectivity index (χ4v) is 4.55. The number of benzene rings is 2. The minimum Gasteiger partial charge on any atom is -0.475 e. The minimum absolute atomic E-state index is 0.0755. The molecule has 0 aliphatic heterocycles. The first-order valence-electron chi connectivity index (χ1n) is 10.5. The molecular formula is C23H29F3N2O5S. The summed E-state index contributed by atoms with van der Waals surface area (Å²) in [7, 11) is -3.48. The molecule has 188 valence electrons. The summed E-state index contributed by atoms with van der Waals surface area (Å²) in [5.41, 5.74) is 3.47. The van der Waals surface area contributed by atoms with E-state index < -0.39 is 22.0 Å². The van der Waals surface area contributed by atoms with Crippen molar-refractivity contribution in [2.75, 3.05) is 29.1 Å². The number of carboxylic acid groups (broad SMARTS) is 1. The van der Waals surface area contributed by atoms with E-state index in [4.69, 9.17) is 9.90 Å². The van der Waals surface area contributed by atoms with Crippen molar-refractivity contribution in [1.29, 1.82) is 0 Å². The van der Waals surface area contributed by atoms with Gasteiger partial charge in [0.1, 0.15) is 0 Å². The Morgan fingerprint density at radius 1 is 1.00 bits per heavy atom. The van der Waals surface area contributed by atoms with Gasteiger partial charge in [0.25, 0.3) is 0 Å². The molecular weight excluding hydrogens is 473 g/mol. The van der Waals surface area contributed by atoms with E-state index in [-0.39, 0.29) is 23.0 Å². The summed E-state index contributed by atoms with van der Waals surface area (Å²) in [6.45, 7) is 9.73. The molecule has 7 nitrogen and oxygen atoms in total. The lowest BCUT2D eigenvalue weighted by atomic mass is 10.1. The Morgan fingerprint density at radius 3 is 2.03 bits per heavy atom. The number of hydrogen-bond acceptors (Lipinski definition) is 5. The van der Waals surface area contributed by atoms with Crippen LogP contribution in [0.3, 0.4) is 0 Å². The fraction of sp³-hybridized carbons (Fsp3) is 0.391. The van der Waals surface area contributed by atoms with Crippen molar-refractivity contribution in [2.24, 2.45) is 0 Å². The zero-order valence-electron chi connectivity index (χ0n) is 19.4. The smallest absolute Gasteiger partial charge is 0.475 e. The summed E-state index contributed by atoms with van der Waals surface area (Å²) in [6.07, 6.45) is -5.16. The monoisotopic (exact) mass is 502 g/mol. The third-order valence-electron chi connectivity index (χ3n) is 4.88. The third kappa shape index (κ3) is 8.69. The van der Waals surface area contributed by atoms with Crippen LogP contribution in [-0.4, -0.2) is 50.4 Å². The Kier molecular flexibility index (Phi) is 10.6. The number of halogens is 3. The fourth-order valence-electron chi connectivity index (χ4n) is 3.03. The molecule has 34 heavy (non-hydrogen) atoms. The maximum Gasteiger partial charge on any atom is 0.490 e. The third-order valence-corrected chi connectivity index (χ3v) is 6.75. The maximum atomic E-state index is 12.5. The predicted molar refractivity (Wildman–Crippen MR) is 125 cm³/mol. The van der Waals surface area contributed by atoms with Gasteiger partial charge in [-0.05, 0) is 63.1 Å². The average Bonchev–Trinajstić information content (AvgIpc) is 2.75. The van der Waals surface area contributed by atoms with Gasteiger partial charge in [0.15, 0.2) is 9.84 Å². The quantitative estimate of drug-likeness (QED) is 0.548. The molecule has 0 fully saturated rings. The lowest BCUT2D eigenvalue weighted by molar-refractivity contribution is -0.192. The molecule has 0 saturated carbocycles. The first kappa shape index (κ1) is 29.0. The highest BCUT2D eigenvalue weighted by Gasteiger charge is 2.38. The lowest BCUT2D eigenvalue weighted by Gasteiger charge is -2.22. The van der Waals surface area contributed by atoms with Crippen LogP contribution in [0.2, 0.25) is 0 Å². The van der Waals surface area contributed by atoms with Crippen LogP contribution in [0.15, 0.2) is 47.4 Å². The Morgan fingerprint density at radius 2 is 1.56 bits per heavy atom. The van der Waals surface area contributed by atoms with Crippen LogP contribution >= 0.6 is 0 Å². The normalized spacial score (nSPS) is 11.3. The number of carbonyl (C=O) groups excluding carboxylic acids is 1. The number of carboxylic acids is 1. The standard InChI is InChI=1S/C21H28N2O3S.C2HF3O2/c1-5-23(6-2)18-11-12-19(17(4)15-18)22-21(24)13-14-27(25,26)20-10-8-7-9-16(20)3;3-2(4,5)1(6)7/h7-12,15H,5-6,13-14H2,1-4H3,(H,22,24);(H,6,7). The molecule has 0 aromatic heterocycles. The Balaban J connectivity index is 0.000000718. The number of anilines is 2. The molecule has 2 aromatic rings. The number of aliphatic carboxylic acids is 1. The molecule has 2 N–H and O–H groups in total. The van der Waals surface area contributed by atoms with Gasteiger partial charge in [-0.1, -0.05) is 18.2 Å². The van der Waals surface area contributed by atoms with Crippen molar-refractivity contribution >= 4 is 33.1 Å². The predicted octanol–water partition coefficient (Wildman–Crippen LogP) is 4.59. The van der Waals surface area contributed by atoms with Crippen molar-refractivity contribution in [3.8, 4) is 0 Å². The molecule has 0 unspecified atom stereocenters. The number of hydrogen-bond donors (Lipinski definition) is 2. The van der Waals surface area contributed by atoms with Crippen LogP contribution in [0, 0.1) is 13.8 Å². The van der Waals surface area contributed by atoms with E-state index in [1.807, 2.05) is 25.1 Å². The number of alkyl halides is 3. The van der Waals surface area contributed by atoms with E-state index in [1.165, 1.54) is 0 Å². The molecule has 0 saturated heterocycles. The molecule has 0 atom stereocenters. The average molecular weight is 503 g/mol. The molecule has 2 rings (SSSR count). The number of amides is 1. The van der Waals surface area contributed by atoms with E-state index >= 15 is 0 Å². The van der Waals surface area contributed by atoms with Gasteiger partial charge in [-0.2, -0.15) is 13.2 Å². The zero-order chi connectivity index (χ0) is 26.1. The van der Waals surface area contributed by atoms with Gasteiger partial charge in [0, 0.05) is 30.9 Å². The maximum absolute atomic E-state index is 12.5. The van der Waals surface area contributed by atoms with Crippen molar-refractivity contribution in [3.63, 3.8) is 0 Å². The minimum atomic E-state index is -5.08. The molecule has 0 spiro atoms. The first-order chi connectivity index (χ1) is 15.7. The number of aryl methyl sites for hydroxylation is 2. The van der Waals surface area contributed by atoms with Crippen LogP contribution in [0.1, 0.15) is 31.4 Å². The van der Waals surface area contributed by atoms with Gasteiger partial charge < -0.3 is 15.3 Å². The van der Waals surface area contributed by atoms with Gasteiger partial charge in [-0.3, -0.25) is 4.79 Å². The molecule has 0 radical (unpaired) electrons. The van der Waals surface area contributed by atoms with Gasteiger partial charge >= 0.3 is 12.1 Å². The van der Waals surface area contributed by atoms with E-state index in [0.717, 1.165) is 24.3 Å². The van der Waals surface area contributed by atoms with E-state index in [2.05, 4.69) is 24.1 Å². The van der Waals surface area contributed by atoms with Crippen molar-refractivity contribution in [2.45, 2.75) is 45.2 Å². The van der Waals surface area contributed by atoms with Crippen LogP contribution in [0.5, 0.6) is 0 Å². The Labute approximate surface area is 197 Å². The molecule has 0 heterocycles. The number of sulfone groups is 1. The van der Waals surface area contributed by atoms with Crippen molar-refractivity contribution in [3.05, 3.63) is 53.6 Å². The zero-order valence-corrected chi connectivity index (χ0v) is 20.3. The highest BCUT2D eigenvalue weighted by atomic mass is 32.2. The van der Waals surface area contributed by atoms with Crippen LogP contribution in [-0.2, 0) is 19.4 Å². The molecule has 2 aromatic carbocycles. The Hall–Kier alpha value is -3.08. The largest absolute Gasteiger partial charge is 0.490 e.